The van der Waals surface area contributed by atoms with Gasteiger partial charge in [-0.15, -0.1) is 6.58 Å². The topological polar surface area (TPSA) is 38.0 Å². The number of benzene rings is 1. The predicted octanol–water partition coefficient (Wildman–Crippen LogP) is 2.12. The van der Waals surface area contributed by atoms with Crippen molar-refractivity contribution in [1.29, 1.82) is 0 Å². The number of nitrogens with one attached hydrogen (secondary N) is 1. The lowest BCUT2D eigenvalue weighted by molar-refractivity contribution is 0.578. The van der Waals surface area contributed by atoms with E-state index < -0.39 is 0 Å². The van der Waals surface area contributed by atoms with E-state index in [9.17, 15) is 0 Å². The van der Waals surface area contributed by atoms with Crippen LogP contribution in [0.5, 0.6) is 0 Å². The minimum Gasteiger partial charge on any atom is -0.329 e. The Bertz CT molecular complexity index is 299. The molecule has 0 amide bonds. The molecule has 0 saturated heterocycles. The van der Waals surface area contributed by atoms with Crippen molar-refractivity contribution in [2.75, 3.05) is 13.1 Å². The molecular formula is C11H15ClN2. The summed E-state index contributed by atoms with van der Waals surface area (Å²) in [6.07, 6.45) is 1.81. The van der Waals surface area contributed by atoms with Crippen molar-refractivity contribution in [3.05, 3.63) is 47.5 Å². The molecule has 0 saturated carbocycles. The van der Waals surface area contributed by atoms with Crippen LogP contribution < -0.4 is 11.1 Å². The molecular weight excluding hydrogens is 196 g/mol. The monoisotopic (exact) mass is 210 g/mol. The summed E-state index contributed by atoms with van der Waals surface area (Å²) in [6.45, 7) is 4.94. The second kappa shape index (κ2) is 5.81. The van der Waals surface area contributed by atoms with Gasteiger partial charge in [-0.3, -0.25) is 0 Å². The Labute approximate surface area is 89.8 Å². The minimum atomic E-state index is 0.145. The first-order chi connectivity index (χ1) is 6.77. The molecule has 0 aromatic heterocycles. The fraction of sp³-hybridized carbons (Fsp3) is 0.273. The Morgan fingerprint density at radius 3 is 2.93 bits per heavy atom. The summed E-state index contributed by atoms with van der Waals surface area (Å²) >= 11 is 5.89. The van der Waals surface area contributed by atoms with Crippen molar-refractivity contribution < 1.29 is 0 Å². The Kier molecular flexibility index (Phi) is 4.66. The van der Waals surface area contributed by atoms with Gasteiger partial charge in [0.15, 0.2) is 0 Å². The van der Waals surface area contributed by atoms with Crippen LogP contribution in [0.2, 0.25) is 5.02 Å². The smallest absolute Gasteiger partial charge is 0.0447 e. The van der Waals surface area contributed by atoms with Gasteiger partial charge in [-0.25, -0.2) is 0 Å². The first-order valence-corrected chi connectivity index (χ1v) is 4.95. The fourth-order valence-corrected chi connectivity index (χ4v) is 1.48. The average Bonchev–Trinajstić information content (AvgIpc) is 2.19. The van der Waals surface area contributed by atoms with E-state index in [0.717, 1.165) is 17.1 Å². The SMILES string of the molecule is C=CCNC(CN)c1cccc(Cl)c1. The molecule has 0 fully saturated rings. The van der Waals surface area contributed by atoms with E-state index in [1.807, 2.05) is 30.3 Å². The lowest BCUT2D eigenvalue weighted by atomic mass is 10.1. The highest BCUT2D eigenvalue weighted by atomic mass is 35.5. The second-order valence-electron chi connectivity index (χ2n) is 3.04. The molecule has 0 heterocycles. The molecule has 1 unspecified atom stereocenters. The second-order valence-corrected chi connectivity index (χ2v) is 3.48. The minimum absolute atomic E-state index is 0.145. The van der Waals surface area contributed by atoms with E-state index >= 15 is 0 Å². The summed E-state index contributed by atoms with van der Waals surface area (Å²) in [7, 11) is 0. The molecule has 0 aliphatic carbocycles. The number of nitrogens with two attached hydrogens (primary N) is 1. The van der Waals surface area contributed by atoms with Crippen molar-refractivity contribution >= 4 is 11.6 Å². The molecule has 76 valence electrons. The average molecular weight is 211 g/mol. The summed E-state index contributed by atoms with van der Waals surface area (Å²) in [6, 6.07) is 7.86. The maximum Gasteiger partial charge on any atom is 0.0447 e. The van der Waals surface area contributed by atoms with Crippen LogP contribution in [-0.2, 0) is 0 Å². The molecule has 1 atom stereocenters. The molecule has 0 bridgehead atoms. The van der Waals surface area contributed by atoms with E-state index in [1.54, 1.807) is 0 Å². The van der Waals surface area contributed by atoms with Gasteiger partial charge in [-0.1, -0.05) is 29.8 Å². The molecule has 3 N–H and O–H groups in total. The third-order valence-corrected chi connectivity index (χ3v) is 2.23. The van der Waals surface area contributed by atoms with Crippen LogP contribution in [-0.4, -0.2) is 13.1 Å². The van der Waals surface area contributed by atoms with Gasteiger partial charge in [0.1, 0.15) is 0 Å². The van der Waals surface area contributed by atoms with Gasteiger partial charge in [0.2, 0.25) is 0 Å². The highest BCUT2D eigenvalue weighted by Gasteiger charge is 2.07. The number of hydrogen-bond donors (Lipinski definition) is 2. The van der Waals surface area contributed by atoms with E-state index in [-0.39, 0.29) is 6.04 Å². The third kappa shape index (κ3) is 3.14. The molecule has 2 nitrogen and oxygen atoms in total. The van der Waals surface area contributed by atoms with Crippen molar-refractivity contribution in [2.24, 2.45) is 5.73 Å². The molecule has 14 heavy (non-hydrogen) atoms. The maximum atomic E-state index is 5.89. The van der Waals surface area contributed by atoms with E-state index in [0.29, 0.717) is 6.54 Å². The van der Waals surface area contributed by atoms with Crippen molar-refractivity contribution in [3.8, 4) is 0 Å². The first kappa shape index (κ1) is 11.2. The molecule has 0 spiro atoms. The van der Waals surface area contributed by atoms with Gasteiger partial charge in [-0.05, 0) is 17.7 Å². The normalized spacial score (nSPS) is 12.4. The van der Waals surface area contributed by atoms with E-state index in [1.165, 1.54) is 0 Å². The van der Waals surface area contributed by atoms with Gasteiger partial charge in [0.25, 0.3) is 0 Å². The van der Waals surface area contributed by atoms with Crippen LogP contribution in [0.1, 0.15) is 11.6 Å². The van der Waals surface area contributed by atoms with Crippen molar-refractivity contribution in [1.82, 2.24) is 5.32 Å². The summed E-state index contributed by atoms with van der Waals surface area (Å²) in [4.78, 5) is 0. The van der Waals surface area contributed by atoms with Gasteiger partial charge < -0.3 is 11.1 Å². The molecule has 1 aromatic carbocycles. The standard InChI is InChI=1S/C11H15ClN2/c1-2-6-14-11(8-13)9-4-3-5-10(12)7-9/h2-5,7,11,14H,1,6,8,13H2. The van der Waals surface area contributed by atoms with Crippen molar-refractivity contribution in [2.45, 2.75) is 6.04 Å². The summed E-state index contributed by atoms with van der Waals surface area (Å²) in [5, 5.41) is 4.00. The predicted molar refractivity (Wildman–Crippen MR) is 61.4 cm³/mol. The van der Waals surface area contributed by atoms with E-state index in [4.69, 9.17) is 17.3 Å². The van der Waals surface area contributed by atoms with Crippen molar-refractivity contribution in [3.63, 3.8) is 0 Å². The summed E-state index contributed by atoms with van der Waals surface area (Å²) in [5.74, 6) is 0. The molecule has 1 aromatic rings. The molecule has 0 aliphatic heterocycles. The van der Waals surface area contributed by atoms with Crippen LogP contribution in [0, 0.1) is 0 Å². The lowest BCUT2D eigenvalue weighted by Crippen LogP contribution is -2.28. The van der Waals surface area contributed by atoms with Crippen LogP contribution in [0.3, 0.4) is 0 Å². The molecule has 3 heteroatoms. The number of rotatable bonds is 5. The quantitative estimate of drug-likeness (QED) is 0.731. The Balaban J connectivity index is 2.72. The van der Waals surface area contributed by atoms with Crippen LogP contribution in [0.4, 0.5) is 0 Å². The van der Waals surface area contributed by atoms with E-state index in [2.05, 4.69) is 11.9 Å². The van der Waals surface area contributed by atoms with Gasteiger partial charge >= 0.3 is 0 Å². The first-order valence-electron chi connectivity index (χ1n) is 4.57. The highest BCUT2D eigenvalue weighted by molar-refractivity contribution is 6.30. The molecule has 1 rings (SSSR count). The van der Waals surface area contributed by atoms with Gasteiger partial charge in [0, 0.05) is 24.2 Å². The Morgan fingerprint density at radius 1 is 1.57 bits per heavy atom. The van der Waals surface area contributed by atoms with Gasteiger partial charge in [0.05, 0.1) is 0 Å². The highest BCUT2D eigenvalue weighted by Crippen LogP contribution is 2.16. The Morgan fingerprint density at radius 2 is 2.36 bits per heavy atom. The summed E-state index contributed by atoms with van der Waals surface area (Å²) in [5.41, 5.74) is 6.77. The van der Waals surface area contributed by atoms with Crippen LogP contribution in [0.25, 0.3) is 0 Å². The zero-order chi connectivity index (χ0) is 10.4. The number of halogens is 1. The zero-order valence-electron chi connectivity index (χ0n) is 8.04. The maximum absolute atomic E-state index is 5.89. The zero-order valence-corrected chi connectivity index (χ0v) is 8.80. The molecule has 0 radical (unpaired) electrons. The lowest BCUT2D eigenvalue weighted by Gasteiger charge is -2.16. The number of hydrogen-bond acceptors (Lipinski definition) is 2. The Hall–Kier alpha value is -0.830. The van der Waals surface area contributed by atoms with Crippen LogP contribution >= 0.6 is 11.6 Å². The summed E-state index contributed by atoms with van der Waals surface area (Å²) < 4.78 is 0. The van der Waals surface area contributed by atoms with Crippen LogP contribution in [0.15, 0.2) is 36.9 Å². The largest absolute Gasteiger partial charge is 0.329 e. The van der Waals surface area contributed by atoms with Gasteiger partial charge in [-0.2, -0.15) is 0 Å². The fourth-order valence-electron chi connectivity index (χ4n) is 1.29. The third-order valence-electron chi connectivity index (χ3n) is 2.00. The molecule has 0 aliphatic rings.